The smallest absolute Gasteiger partial charge is 0.177 e. The Balaban J connectivity index is 5.04. The van der Waals surface area contributed by atoms with E-state index in [1.807, 2.05) is 0 Å². The van der Waals surface area contributed by atoms with E-state index >= 15 is 0 Å². The highest BCUT2D eigenvalue weighted by molar-refractivity contribution is 4.57. The monoisotopic (exact) mass is 302 g/mol. The molecule has 5 nitrogen and oxygen atoms in total. The van der Waals surface area contributed by atoms with E-state index in [1.54, 1.807) is 0 Å². The number of nitrogens with one attached hydrogen (secondary N) is 2. The lowest BCUT2D eigenvalue weighted by molar-refractivity contribution is -1.05. The molecule has 0 spiro atoms. The molecule has 0 aromatic heterocycles. The van der Waals surface area contributed by atoms with Crippen LogP contribution in [0.15, 0.2) is 0 Å². The number of quaternary nitrogens is 1. The molecule has 0 fully saturated rings. The van der Waals surface area contributed by atoms with Crippen LogP contribution in [0.4, 0.5) is 0 Å². The quantitative estimate of drug-likeness (QED) is 0.172. The van der Waals surface area contributed by atoms with Crippen molar-refractivity contribution < 1.29 is 4.70 Å². The molecule has 6 N–H and O–H groups in total. The van der Waals surface area contributed by atoms with Crippen molar-refractivity contribution in [1.82, 2.24) is 10.9 Å². The van der Waals surface area contributed by atoms with E-state index in [2.05, 4.69) is 38.5 Å². The average molecular weight is 303 g/mol. The van der Waals surface area contributed by atoms with Crippen LogP contribution in [0.1, 0.15) is 79.1 Å². The minimum absolute atomic E-state index is 0.00902. The Labute approximate surface area is 132 Å². The van der Waals surface area contributed by atoms with Gasteiger partial charge in [-0.1, -0.05) is 40.5 Å². The lowest BCUT2D eigenvalue weighted by Gasteiger charge is -2.45. The number of hydrogen-bond acceptors (Lipinski definition) is 4. The normalized spacial score (nSPS) is 15.1. The maximum Gasteiger partial charge on any atom is 0.177 e. The Morgan fingerprint density at radius 1 is 0.714 bits per heavy atom. The van der Waals surface area contributed by atoms with E-state index < -0.39 is 0 Å². The van der Waals surface area contributed by atoms with E-state index in [4.69, 9.17) is 11.5 Å². The predicted octanol–water partition coefficient (Wildman–Crippen LogP) is 2.58. The van der Waals surface area contributed by atoms with Crippen molar-refractivity contribution in [3.63, 3.8) is 0 Å². The van der Waals surface area contributed by atoms with Crippen LogP contribution in [0.25, 0.3) is 0 Å². The van der Waals surface area contributed by atoms with Crippen LogP contribution in [-0.2, 0) is 0 Å². The van der Waals surface area contributed by atoms with Crippen molar-refractivity contribution in [3.05, 3.63) is 0 Å². The standard InChI is InChI=1S/C16H40N5/c1-5-9-13-19-21(15(17)11-7-3,16(18)12-8-4)20-14-10-6-2/h15-16,19-20H,5-14,17-18H2,1-4H3/q+1. The largest absolute Gasteiger partial charge is 0.278 e. The fourth-order valence-corrected chi connectivity index (χ4v) is 2.65. The summed E-state index contributed by atoms with van der Waals surface area (Å²) in [6, 6.07) is 0. The maximum absolute atomic E-state index is 6.53. The predicted molar refractivity (Wildman–Crippen MR) is 91.8 cm³/mol. The van der Waals surface area contributed by atoms with Gasteiger partial charge in [-0.3, -0.25) is 11.5 Å². The summed E-state index contributed by atoms with van der Waals surface area (Å²) in [5.74, 6) is 0. The Bertz CT molecular complexity index is 211. The molecule has 0 aromatic rings. The van der Waals surface area contributed by atoms with E-state index in [9.17, 15) is 0 Å². The van der Waals surface area contributed by atoms with Crippen molar-refractivity contribution in [2.24, 2.45) is 11.5 Å². The molecule has 0 aromatic carbocycles. The zero-order valence-electron chi connectivity index (χ0n) is 14.8. The SMILES string of the molecule is CCCCN[N+](NCCCC)(C(N)CCC)C(N)CCC. The van der Waals surface area contributed by atoms with Gasteiger partial charge in [0, 0.05) is 25.9 Å². The topological polar surface area (TPSA) is 76.1 Å². The molecule has 0 heterocycles. The van der Waals surface area contributed by atoms with Gasteiger partial charge in [0.05, 0.1) is 0 Å². The van der Waals surface area contributed by atoms with Crippen LogP contribution in [0.3, 0.4) is 0 Å². The van der Waals surface area contributed by atoms with E-state index in [0.717, 1.165) is 51.6 Å². The minimum atomic E-state index is -0.00902. The molecule has 0 saturated carbocycles. The molecule has 5 heteroatoms. The van der Waals surface area contributed by atoms with Crippen molar-refractivity contribution in [3.8, 4) is 0 Å². The molecule has 0 rings (SSSR count). The highest BCUT2D eigenvalue weighted by atomic mass is 15.9. The van der Waals surface area contributed by atoms with Gasteiger partial charge in [-0.05, 0) is 25.7 Å². The van der Waals surface area contributed by atoms with Crippen molar-refractivity contribution in [2.45, 2.75) is 91.4 Å². The Morgan fingerprint density at radius 3 is 1.38 bits per heavy atom. The highest BCUT2D eigenvalue weighted by Gasteiger charge is 2.40. The second kappa shape index (κ2) is 12.4. The third kappa shape index (κ3) is 7.06. The first-order chi connectivity index (χ1) is 10.1. The van der Waals surface area contributed by atoms with Crippen LogP contribution in [-0.4, -0.2) is 30.1 Å². The zero-order valence-corrected chi connectivity index (χ0v) is 14.8. The summed E-state index contributed by atoms with van der Waals surface area (Å²) in [7, 11) is 0. The van der Waals surface area contributed by atoms with Gasteiger partial charge in [0.15, 0.2) is 12.3 Å². The lowest BCUT2D eigenvalue weighted by Crippen LogP contribution is -2.79. The van der Waals surface area contributed by atoms with Gasteiger partial charge >= 0.3 is 0 Å². The molecule has 0 amide bonds. The molecule has 2 unspecified atom stereocenters. The van der Waals surface area contributed by atoms with Crippen molar-refractivity contribution >= 4 is 0 Å². The summed E-state index contributed by atoms with van der Waals surface area (Å²) in [5, 5.41) is 0. The third-order valence-electron chi connectivity index (χ3n) is 4.02. The third-order valence-corrected chi connectivity index (χ3v) is 4.02. The second-order valence-corrected chi connectivity index (χ2v) is 6.01. The lowest BCUT2D eigenvalue weighted by atomic mass is 10.2. The Hall–Kier alpha value is -0.200. The molecular formula is C16H40N5+. The Morgan fingerprint density at radius 2 is 1.10 bits per heavy atom. The highest BCUT2D eigenvalue weighted by Crippen LogP contribution is 2.15. The molecule has 2 atom stereocenters. The molecule has 0 aliphatic carbocycles. The molecule has 0 aliphatic heterocycles. The van der Waals surface area contributed by atoms with Crippen molar-refractivity contribution in [1.29, 1.82) is 0 Å². The van der Waals surface area contributed by atoms with E-state index in [1.165, 1.54) is 12.8 Å². The molecule has 0 saturated heterocycles. The molecule has 0 radical (unpaired) electrons. The van der Waals surface area contributed by atoms with Gasteiger partial charge in [0.2, 0.25) is 0 Å². The van der Waals surface area contributed by atoms with E-state index in [-0.39, 0.29) is 12.3 Å². The maximum atomic E-state index is 6.53. The molecule has 0 bridgehead atoms. The molecule has 128 valence electrons. The van der Waals surface area contributed by atoms with Gasteiger partial charge in [0.25, 0.3) is 0 Å². The number of rotatable bonds is 14. The van der Waals surface area contributed by atoms with Crippen molar-refractivity contribution in [2.75, 3.05) is 13.1 Å². The summed E-state index contributed by atoms with van der Waals surface area (Å²) in [6.07, 6.45) is 8.71. The van der Waals surface area contributed by atoms with Gasteiger partial charge in [-0.2, -0.15) is 0 Å². The van der Waals surface area contributed by atoms with E-state index in [0.29, 0.717) is 4.70 Å². The zero-order chi connectivity index (χ0) is 16.1. The second-order valence-electron chi connectivity index (χ2n) is 6.01. The first-order valence-electron chi connectivity index (χ1n) is 8.98. The molecule has 0 aliphatic rings. The fourth-order valence-electron chi connectivity index (χ4n) is 2.65. The van der Waals surface area contributed by atoms with Gasteiger partial charge in [-0.15, -0.1) is 15.6 Å². The summed E-state index contributed by atoms with van der Waals surface area (Å²) >= 11 is 0. The first-order valence-corrected chi connectivity index (χ1v) is 8.98. The Kier molecular flexibility index (Phi) is 12.2. The van der Waals surface area contributed by atoms with Crippen LogP contribution in [0.2, 0.25) is 0 Å². The fraction of sp³-hybridized carbons (Fsp3) is 1.00. The molecule has 21 heavy (non-hydrogen) atoms. The van der Waals surface area contributed by atoms with Gasteiger partial charge < -0.3 is 0 Å². The summed E-state index contributed by atoms with van der Waals surface area (Å²) in [6.45, 7) is 10.7. The van der Waals surface area contributed by atoms with Crippen LogP contribution < -0.4 is 22.3 Å². The van der Waals surface area contributed by atoms with Crippen LogP contribution in [0, 0.1) is 0 Å². The van der Waals surface area contributed by atoms with Gasteiger partial charge in [-0.25, -0.2) is 0 Å². The summed E-state index contributed by atoms with van der Waals surface area (Å²) < 4.78 is 0.460. The first kappa shape index (κ1) is 20.8. The molecular weight excluding hydrogens is 262 g/mol. The number of nitrogens with zero attached hydrogens (tertiary/aromatic N) is 1. The minimum Gasteiger partial charge on any atom is -0.278 e. The average Bonchev–Trinajstić information content (AvgIpc) is 2.46. The summed E-state index contributed by atoms with van der Waals surface area (Å²) in [5.41, 5.74) is 20.3. The number of nitrogens with two attached hydrogens (primary N) is 2. The van der Waals surface area contributed by atoms with Gasteiger partial charge in [0.1, 0.15) is 0 Å². The van der Waals surface area contributed by atoms with Crippen LogP contribution in [0.5, 0.6) is 0 Å². The van der Waals surface area contributed by atoms with Crippen LogP contribution >= 0.6 is 0 Å². The number of hydrogen-bond donors (Lipinski definition) is 4. The summed E-state index contributed by atoms with van der Waals surface area (Å²) in [4.78, 5) is 0. The number of unbranched alkanes of at least 4 members (excludes halogenated alkanes) is 2.